The second kappa shape index (κ2) is 8.58. The molecule has 0 unspecified atom stereocenters. The van der Waals surface area contributed by atoms with E-state index in [0.717, 1.165) is 10.1 Å². The highest BCUT2D eigenvalue weighted by Gasteiger charge is 2.24. The Morgan fingerprint density at radius 1 is 1.07 bits per heavy atom. The van der Waals surface area contributed by atoms with Crippen molar-refractivity contribution in [2.45, 2.75) is 6.92 Å². The van der Waals surface area contributed by atoms with Crippen LogP contribution in [-0.4, -0.2) is 66.9 Å². The number of benzene rings is 1. The van der Waals surface area contributed by atoms with Gasteiger partial charge >= 0.3 is 6.03 Å². The Hall–Kier alpha value is -2.32. The summed E-state index contributed by atoms with van der Waals surface area (Å²) in [6, 6.07) is 7.41. The maximum Gasteiger partial charge on any atom is 0.317 e. The molecule has 1 saturated heterocycles. The Morgan fingerprint density at radius 3 is 2.41 bits per heavy atom. The first kappa shape index (κ1) is 19.4. The first-order valence-corrected chi connectivity index (χ1v) is 9.96. The van der Waals surface area contributed by atoms with Crippen LogP contribution in [0.1, 0.15) is 16.6 Å². The lowest BCUT2D eigenvalue weighted by molar-refractivity contribution is -0.131. The predicted octanol–water partition coefficient (Wildman–Crippen LogP) is 2.16. The van der Waals surface area contributed by atoms with Gasteiger partial charge in [-0.25, -0.2) is 4.79 Å². The smallest absolute Gasteiger partial charge is 0.317 e. The summed E-state index contributed by atoms with van der Waals surface area (Å²) in [5, 5.41) is 6.65. The van der Waals surface area contributed by atoms with Crippen LogP contribution in [0.15, 0.2) is 24.3 Å². The van der Waals surface area contributed by atoms with Crippen LogP contribution in [0.4, 0.5) is 4.79 Å². The van der Waals surface area contributed by atoms with Gasteiger partial charge in [0.25, 0.3) is 5.91 Å². The van der Waals surface area contributed by atoms with Gasteiger partial charge in [-0.05, 0) is 13.0 Å². The molecule has 1 aromatic heterocycles. The Kier molecular flexibility index (Phi) is 6.18. The average Bonchev–Trinajstić information content (AvgIpc) is 3.03. The molecule has 9 heteroatoms. The summed E-state index contributed by atoms with van der Waals surface area (Å²) in [6.45, 7) is 4.21. The molecule has 1 aliphatic heterocycles. The number of urea groups is 1. The summed E-state index contributed by atoms with van der Waals surface area (Å²) in [7, 11) is 0. The van der Waals surface area contributed by atoms with E-state index in [9.17, 15) is 14.4 Å². The van der Waals surface area contributed by atoms with E-state index in [2.05, 4.69) is 10.6 Å². The summed E-state index contributed by atoms with van der Waals surface area (Å²) < 4.78 is 0.931. The minimum atomic E-state index is -0.351. The van der Waals surface area contributed by atoms with Gasteiger partial charge in [0.15, 0.2) is 0 Å². The van der Waals surface area contributed by atoms with Gasteiger partial charge in [-0.3, -0.25) is 9.59 Å². The fraction of sp³-hybridized carbons (Fsp3) is 0.389. The van der Waals surface area contributed by atoms with E-state index < -0.39 is 0 Å². The molecule has 0 atom stereocenters. The van der Waals surface area contributed by atoms with Gasteiger partial charge in [-0.2, -0.15) is 0 Å². The number of piperazine rings is 1. The summed E-state index contributed by atoms with van der Waals surface area (Å²) >= 11 is 7.61. The number of nitrogens with zero attached hydrogens (tertiary/aromatic N) is 2. The minimum Gasteiger partial charge on any atom is -0.342 e. The van der Waals surface area contributed by atoms with Crippen molar-refractivity contribution in [1.29, 1.82) is 0 Å². The van der Waals surface area contributed by atoms with Crippen molar-refractivity contribution in [2.24, 2.45) is 0 Å². The Bertz CT molecular complexity index is 861. The third kappa shape index (κ3) is 4.33. The van der Waals surface area contributed by atoms with E-state index in [-0.39, 0.29) is 24.4 Å². The molecule has 3 rings (SSSR count). The Balaban J connectivity index is 1.52. The van der Waals surface area contributed by atoms with E-state index in [1.807, 2.05) is 31.2 Å². The van der Waals surface area contributed by atoms with Crippen molar-refractivity contribution in [3.8, 4) is 0 Å². The molecule has 0 saturated carbocycles. The van der Waals surface area contributed by atoms with Gasteiger partial charge < -0.3 is 20.4 Å². The molecule has 0 aliphatic carbocycles. The molecule has 0 bridgehead atoms. The van der Waals surface area contributed by atoms with Crippen molar-refractivity contribution in [3.05, 3.63) is 34.2 Å². The SMILES string of the molecule is CCNC(=O)N1CCN(C(=O)CNC(=O)c2sc3ccccc3c2Cl)CC1. The summed E-state index contributed by atoms with van der Waals surface area (Å²) in [6.07, 6.45) is 0. The molecule has 27 heavy (non-hydrogen) atoms. The molecule has 2 heterocycles. The fourth-order valence-electron chi connectivity index (χ4n) is 2.93. The zero-order chi connectivity index (χ0) is 19.4. The molecule has 4 amide bonds. The number of hydrogen-bond donors (Lipinski definition) is 2. The second-order valence-corrected chi connectivity index (χ2v) is 7.56. The highest BCUT2D eigenvalue weighted by Crippen LogP contribution is 2.34. The van der Waals surface area contributed by atoms with Gasteiger partial charge in [-0.15, -0.1) is 11.3 Å². The van der Waals surface area contributed by atoms with E-state index in [4.69, 9.17) is 11.6 Å². The fourth-order valence-corrected chi connectivity index (χ4v) is 4.36. The molecule has 1 aliphatic rings. The standard InChI is InChI=1S/C18H21ClN4O3S/c1-2-20-18(26)23-9-7-22(8-10-23)14(24)11-21-17(25)16-15(19)12-5-3-4-6-13(12)27-16/h3-6H,2,7-11H2,1H3,(H,20,26)(H,21,25). The van der Waals surface area contributed by atoms with Gasteiger partial charge in [0.1, 0.15) is 4.88 Å². The number of carbonyl (C=O) groups is 3. The van der Waals surface area contributed by atoms with Crippen LogP contribution in [0.2, 0.25) is 5.02 Å². The van der Waals surface area contributed by atoms with Gasteiger partial charge in [-0.1, -0.05) is 29.8 Å². The Morgan fingerprint density at radius 2 is 1.74 bits per heavy atom. The number of fused-ring (bicyclic) bond motifs is 1. The van der Waals surface area contributed by atoms with Crippen LogP contribution in [0.3, 0.4) is 0 Å². The molecular weight excluding hydrogens is 388 g/mol. The number of halogens is 1. The highest BCUT2D eigenvalue weighted by atomic mass is 35.5. The molecule has 0 spiro atoms. The van der Waals surface area contributed by atoms with E-state index in [1.165, 1.54) is 11.3 Å². The third-order valence-corrected chi connectivity index (χ3v) is 6.06. The number of nitrogens with one attached hydrogen (secondary N) is 2. The monoisotopic (exact) mass is 408 g/mol. The molecule has 1 fully saturated rings. The summed E-state index contributed by atoms with van der Waals surface area (Å²) in [4.78, 5) is 40.3. The highest BCUT2D eigenvalue weighted by molar-refractivity contribution is 7.21. The van der Waals surface area contributed by atoms with Crippen LogP contribution in [0, 0.1) is 0 Å². The number of hydrogen-bond acceptors (Lipinski definition) is 4. The topological polar surface area (TPSA) is 81.8 Å². The number of amides is 4. The van der Waals surface area contributed by atoms with Crippen molar-refractivity contribution >= 4 is 50.9 Å². The van der Waals surface area contributed by atoms with Crippen molar-refractivity contribution < 1.29 is 14.4 Å². The van der Waals surface area contributed by atoms with Gasteiger partial charge in [0.2, 0.25) is 5.91 Å². The van der Waals surface area contributed by atoms with Crippen LogP contribution < -0.4 is 10.6 Å². The van der Waals surface area contributed by atoms with Crippen LogP contribution >= 0.6 is 22.9 Å². The lowest BCUT2D eigenvalue weighted by Gasteiger charge is -2.34. The quantitative estimate of drug-likeness (QED) is 0.813. The largest absolute Gasteiger partial charge is 0.342 e. The maximum absolute atomic E-state index is 12.4. The van der Waals surface area contributed by atoms with Crippen molar-refractivity contribution in [2.75, 3.05) is 39.3 Å². The zero-order valence-corrected chi connectivity index (χ0v) is 16.5. The predicted molar refractivity (Wildman–Crippen MR) is 106 cm³/mol. The van der Waals surface area contributed by atoms with Gasteiger partial charge in [0, 0.05) is 42.8 Å². The first-order chi connectivity index (χ1) is 13.0. The number of carbonyl (C=O) groups excluding carboxylic acids is 3. The van der Waals surface area contributed by atoms with E-state index in [1.54, 1.807) is 9.80 Å². The third-order valence-electron chi connectivity index (χ3n) is 4.39. The summed E-state index contributed by atoms with van der Waals surface area (Å²) in [5.74, 6) is -0.522. The normalized spacial score (nSPS) is 14.3. The minimum absolute atomic E-state index is 0.0927. The summed E-state index contributed by atoms with van der Waals surface area (Å²) in [5.41, 5.74) is 0. The molecule has 2 N–H and O–H groups in total. The molecule has 144 valence electrons. The van der Waals surface area contributed by atoms with Crippen molar-refractivity contribution in [3.63, 3.8) is 0 Å². The molecule has 2 aromatic rings. The zero-order valence-electron chi connectivity index (χ0n) is 15.0. The first-order valence-electron chi connectivity index (χ1n) is 8.77. The van der Waals surface area contributed by atoms with Gasteiger partial charge in [0.05, 0.1) is 11.6 Å². The van der Waals surface area contributed by atoms with E-state index >= 15 is 0 Å². The van der Waals surface area contributed by atoms with Crippen molar-refractivity contribution in [1.82, 2.24) is 20.4 Å². The lowest BCUT2D eigenvalue weighted by Crippen LogP contribution is -2.54. The van der Waals surface area contributed by atoms with Crippen LogP contribution in [0.5, 0.6) is 0 Å². The van der Waals surface area contributed by atoms with E-state index in [0.29, 0.717) is 42.6 Å². The van der Waals surface area contributed by atoms with Crippen LogP contribution in [-0.2, 0) is 4.79 Å². The van der Waals surface area contributed by atoms with Crippen LogP contribution in [0.25, 0.3) is 10.1 Å². The molecule has 1 aromatic carbocycles. The number of rotatable bonds is 4. The molecular formula is C18H21ClN4O3S. The Labute approximate surface area is 166 Å². The lowest BCUT2D eigenvalue weighted by atomic mass is 10.2. The molecule has 0 radical (unpaired) electrons. The number of thiophene rings is 1. The molecule has 7 nitrogen and oxygen atoms in total. The second-order valence-electron chi connectivity index (χ2n) is 6.13. The average molecular weight is 409 g/mol. The maximum atomic E-state index is 12.4.